The van der Waals surface area contributed by atoms with Gasteiger partial charge in [-0.3, -0.25) is 4.79 Å². The number of hydrogen-bond donors (Lipinski definition) is 0. The van der Waals surface area contributed by atoms with Crippen LogP contribution in [0.15, 0.2) is 11.3 Å². The molecule has 0 aliphatic heterocycles. The molecule has 0 N–H and O–H groups in total. The van der Waals surface area contributed by atoms with Crippen molar-refractivity contribution in [1.29, 1.82) is 0 Å². The fourth-order valence-electron chi connectivity index (χ4n) is 2.31. The third kappa shape index (κ3) is 5.27. The highest BCUT2D eigenvalue weighted by molar-refractivity contribution is 5.73. The number of rotatable bonds is 8. The Bertz CT molecular complexity index is 310. The van der Waals surface area contributed by atoms with Crippen LogP contribution in [-0.4, -0.2) is 25.1 Å². The number of allylic oxidation sites excluding steroid dienone is 1. The number of hydrogen-bond acceptors (Lipinski definition) is 3. The summed E-state index contributed by atoms with van der Waals surface area (Å²) in [7, 11) is 0. The van der Waals surface area contributed by atoms with Crippen LogP contribution in [0.5, 0.6) is 0 Å². The lowest BCUT2D eigenvalue weighted by atomic mass is 10.1. The lowest BCUT2D eigenvalue weighted by Gasteiger charge is -2.25. The van der Waals surface area contributed by atoms with Gasteiger partial charge in [0.2, 0.25) is 0 Å². The van der Waals surface area contributed by atoms with Gasteiger partial charge in [0.25, 0.3) is 0 Å². The topological polar surface area (TPSA) is 35.5 Å². The molecule has 1 aliphatic rings. The van der Waals surface area contributed by atoms with Crippen molar-refractivity contribution >= 4 is 6.29 Å². The van der Waals surface area contributed by atoms with Crippen molar-refractivity contribution < 1.29 is 23.0 Å². The molecule has 1 rings (SSSR count). The summed E-state index contributed by atoms with van der Waals surface area (Å²) in [6, 6.07) is 0. The summed E-state index contributed by atoms with van der Waals surface area (Å²) >= 11 is 0. The molecule has 3 nitrogen and oxygen atoms in total. The minimum absolute atomic E-state index is 0.0190. The Morgan fingerprint density at radius 2 is 2.00 bits per heavy atom. The van der Waals surface area contributed by atoms with E-state index < -0.39 is 12.7 Å². The molecule has 19 heavy (non-hydrogen) atoms. The first kappa shape index (κ1) is 16.1. The highest BCUT2D eigenvalue weighted by Gasteiger charge is 2.26. The Hall–Kier alpha value is -0.970. The normalized spacial score (nSPS) is 19.4. The molecule has 0 heterocycles. The maximum absolute atomic E-state index is 12.5. The number of carbonyl (C=O) groups excluding carboxylic acids is 1. The van der Waals surface area contributed by atoms with E-state index in [1.54, 1.807) is 6.92 Å². The molecule has 0 aromatic heterocycles. The zero-order valence-corrected chi connectivity index (χ0v) is 11.5. The average Bonchev–Trinajstić information content (AvgIpc) is 2.87. The third-order valence-electron chi connectivity index (χ3n) is 3.27. The van der Waals surface area contributed by atoms with Gasteiger partial charge < -0.3 is 9.47 Å². The largest absolute Gasteiger partial charge is 0.492 e. The van der Waals surface area contributed by atoms with Crippen LogP contribution in [0.3, 0.4) is 0 Å². The van der Waals surface area contributed by atoms with Gasteiger partial charge >= 0.3 is 6.61 Å². The van der Waals surface area contributed by atoms with Crippen molar-refractivity contribution in [2.45, 2.75) is 71.2 Å². The fourth-order valence-corrected chi connectivity index (χ4v) is 2.31. The molecule has 0 spiro atoms. The second-order valence-electron chi connectivity index (χ2n) is 4.86. The number of carbonyl (C=O) groups is 1. The quantitative estimate of drug-likeness (QED) is 0.384. The molecule has 0 aromatic rings. The second-order valence-corrected chi connectivity index (χ2v) is 4.86. The van der Waals surface area contributed by atoms with Gasteiger partial charge in [0.15, 0.2) is 0 Å². The summed E-state index contributed by atoms with van der Waals surface area (Å²) in [4.78, 5) is 10.9. The van der Waals surface area contributed by atoms with Crippen LogP contribution in [0, 0.1) is 0 Å². The smallest absolute Gasteiger partial charge is 0.346 e. The highest BCUT2D eigenvalue weighted by Crippen LogP contribution is 2.28. The van der Waals surface area contributed by atoms with Gasteiger partial charge in [0.1, 0.15) is 18.1 Å². The van der Waals surface area contributed by atoms with Gasteiger partial charge in [-0.1, -0.05) is 13.3 Å². The molecule has 5 heteroatoms. The molecule has 1 unspecified atom stereocenters. The predicted molar refractivity (Wildman–Crippen MR) is 67.9 cm³/mol. The molecule has 110 valence electrons. The molecule has 1 aliphatic carbocycles. The van der Waals surface area contributed by atoms with Crippen LogP contribution in [0.25, 0.3) is 0 Å². The predicted octanol–water partition coefficient (Wildman–Crippen LogP) is 3.83. The molecular formula is C14H22F2O3. The summed E-state index contributed by atoms with van der Waals surface area (Å²) < 4.78 is 35.3. The Kier molecular flexibility index (Phi) is 6.99. The summed E-state index contributed by atoms with van der Waals surface area (Å²) in [6.07, 6.45) is 4.88. The zero-order valence-electron chi connectivity index (χ0n) is 11.5. The minimum Gasteiger partial charge on any atom is -0.492 e. The van der Waals surface area contributed by atoms with Crippen LogP contribution in [0.1, 0.15) is 52.4 Å². The molecule has 0 amide bonds. The van der Waals surface area contributed by atoms with Gasteiger partial charge in [0, 0.05) is 5.57 Å². The molecule has 0 saturated heterocycles. The maximum Gasteiger partial charge on any atom is 0.346 e. The van der Waals surface area contributed by atoms with Crippen molar-refractivity contribution in [2.75, 3.05) is 0 Å². The maximum atomic E-state index is 12.5. The summed E-state index contributed by atoms with van der Waals surface area (Å²) in [5.41, 5.74) is 0.339. The van der Waals surface area contributed by atoms with Gasteiger partial charge in [-0.25, -0.2) is 0 Å². The number of aldehydes is 1. The van der Waals surface area contributed by atoms with Crippen molar-refractivity contribution in [1.82, 2.24) is 0 Å². The second kappa shape index (κ2) is 8.25. The molecule has 1 fully saturated rings. The van der Waals surface area contributed by atoms with E-state index in [0.29, 0.717) is 24.7 Å². The van der Waals surface area contributed by atoms with Crippen molar-refractivity contribution in [3.05, 3.63) is 11.3 Å². The Morgan fingerprint density at radius 3 is 2.47 bits per heavy atom. The van der Waals surface area contributed by atoms with E-state index >= 15 is 0 Å². The number of alkyl halides is 2. The van der Waals surface area contributed by atoms with Gasteiger partial charge in [-0.05, 0) is 39.0 Å². The van der Waals surface area contributed by atoms with Crippen LogP contribution in [-0.2, 0) is 14.3 Å². The van der Waals surface area contributed by atoms with E-state index in [9.17, 15) is 13.6 Å². The van der Waals surface area contributed by atoms with E-state index in [2.05, 4.69) is 4.74 Å². The molecular weight excluding hydrogens is 254 g/mol. The number of halogens is 2. The molecule has 0 radical (unpaired) electrons. The minimum atomic E-state index is -2.86. The van der Waals surface area contributed by atoms with E-state index in [4.69, 9.17) is 4.74 Å². The Morgan fingerprint density at radius 1 is 1.37 bits per heavy atom. The summed E-state index contributed by atoms with van der Waals surface area (Å²) in [5, 5.41) is 0. The summed E-state index contributed by atoms with van der Waals surface area (Å²) in [5.74, 6) is 0.282. The van der Waals surface area contributed by atoms with Gasteiger partial charge in [-0.15, -0.1) is 0 Å². The van der Waals surface area contributed by atoms with Crippen LogP contribution in [0.2, 0.25) is 0 Å². The molecule has 1 atom stereocenters. The first-order chi connectivity index (χ1) is 9.08. The zero-order chi connectivity index (χ0) is 14.3. The lowest BCUT2D eigenvalue weighted by molar-refractivity contribution is -0.166. The van der Waals surface area contributed by atoms with Crippen LogP contribution >= 0.6 is 0 Å². The van der Waals surface area contributed by atoms with Crippen molar-refractivity contribution in [3.63, 3.8) is 0 Å². The van der Waals surface area contributed by atoms with Gasteiger partial charge in [0.05, 0.1) is 6.10 Å². The summed E-state index contributed by atoms with van der Waals surface area (Å²) in [6.45, 7) is 0.596. The third-order valence-corrected chi connectivity index (χ3v) is 3.27. The van der Waals surface area contributed by atoms with Crippen LogP contribution < -0.4 is 0 Å². The Balaban J connectivity index is 2.82. The fraction of sp³-hybridized carbons (Fsp3) is 0.786. The molecule has 1 saturated carbocycles. The SMILES string of the molecule is CCCC(OC(F)F)/C(OC1CCCC1)=C(\C)C=O. The first-order valence-electron chi connectivity index (χ1n) is 6.84. The Labute approximate surface area is 113 Å². The lowest BCUT2D eigenvalue weighted by Crippen LogP contribution is -2.25. The van der Waals surface area contributed by atoms with Gasteiger partial charge in [-0.2, -0.15) is 8.78 Å². The monoisotopic (exact) mass is 276 g/mol. The van der Waals surface area contributed by atoms with Crippen LogP contribution in [0.4, 0.5) is 8.78 Å². The number of ether oxygens (including phenoxy) is 2. The van der Waals surface area contributed by atoms with E-state index in [0.717, 1.165) is 25.7 Å². The van der Waals surface area contributed by atoms with Crippen molar-refractivity contribution in [3.8, 4) is 0 Å². The van der Waals surface area contributed by atoms with Crippen molar-refractivity contribution in [2.24, 2.45) is 0 Å². The molecule has 0 bridgehead atoms. The van der Waals surface area contributed by atoms with E-state index in [-0.39, 0.29) is 11.9 Å². The van der Waals surface area contributed by atoms with E-state index in [1.165, 1.54) is 0 Å². The van der Waals surface area contributed by atoms with E-state index in [1.807, 2.05) is 6.92 Å². The first-order valence-corrected chi connectivity index (χ1v) is 6.84. The highest BCUT2D eigenvalue weighted by atomic mass is 19.3. The average molecular weight is 276 g/mol. The standard InChI is InChI=1S/C14H22F2O3/c1-3-6-12(19-14(15)16)13(10(2)9-17)18-11-7-4-5-8-11/h9,11-12,14H,3-8H2,1-2H3/b13-10-. The molecule has 0 aromatic carbocycles.